The highest BCUT2D eigenvalue weighted by molar-refractivity contribution is 5.40. The Bertz CT molecular complexity index is 350. The van der Waals surface area contributed by atoms with Gasteiger partial charge in [-0.3, -0.25) is 0 Å². The number of hydrogen-bond donors (Lipinski definition) is 3. The Kier molecular flexibility index (Phi) is 4.77. The van der Waals surface area contributed by atoms with Gasteiger partial charge in [-0.05, 0) is 37.5 Å². The van der Waals surface area contributed by atoms with E-state index in [9.17, 15) is 10.2 Å². The van der Waals surface area contributed by atoms with Crippen LogP contribution in [0.5, 0.6) is 5.75 Å². The molecule has 1 atom stereocenters. The molecule has 0 saturated carbocycles. The maximum Gasteiger partial charge on any atom is 0.120 e. The topological polar surface area (TPSA) is 52.5 Å². The molecule has 0 bridgehead atoms. The van der Waals surface area contributed by atoms with Crippen LogP contribution in [-0.2, 0) is 6.54 Å². The number of phenolic OH excluding ortho intramolecular Hbond substituents is 1. The number of aliphatic hydroxyl groups is 1. The molecule has 1 aromatic rings. The highest BCUT2D eigenvalue weighted by Gasteiger charge is 2.05. The first-order chi connectivity index (χ1) is 7.54. The molecule has 0 fully saturated rings. The summed E-state index contributed by atoms with van der Waals surface area (Å²) in [5.74, 6) is 0.321. The first-order valence-corrected chi connectivity index (χ1v) is 5.72. The molecule has 16 heavy (non-hydrogen) atoms. The number of hydrogen-bond acceptors (Lipinski definition) is 3. The molecule has 0 aliphatic carbocycles. The van der Waals surface area contributed by atoms with E-state index in [-0.39, 0.29) is 6.10 Å². The minimum atomic E-state index is -0.311. The van der Waals surface area contributed by atoms with Gasteiger partial charge in [0.15, 0.2) is 0 Å². The van der Waals surface area contributed by atoms with Crippen molar-refractivity contribution in [3.63, 3.8) is 0 Å². The van der Waals surface area contributed by atoms with Gasteiger partial charge in [0.25, 0.3) is 0 Å². The zero-order valence-electron chi connectivity index (χ0n) is 10.2. The number of nitrogens with one attached hydrogen (secondary N) is 1. The molecule has 0 unspecified atom stereocenters. The highest BCUT2D eigenvalue weighted by Crippen LogP contribution is 2.21. The largest absolute Gasteiger partial charge is 0.508 e. The van der Waals surface area contributed by atoms with Crippen LogP contribution in [0.2, 0.25) is 0 Å². The van der Waals surface area contributed by atoms with Crippen molar-refractivity contribution in [2.75, 3.05) is 6.54 Å². The number of aromatic hydroxyl groups is 1. The molecule has 3 heteroatoms. The Labute approximate surface area is 97.1 Å². The van der Waals surface area contributed by atoms with Crippen LogP contribution in [0, 0.1) is 13.8 Å². The summed E-state index contributed by atoms with van der Waals surface area (Å²) in [5.41, 5.74) is 3.15. The van der Waals surface area contributed by atoms with Crippen LogP contribution in [0.4, 0.5) is 0 Å². The third kappa shape index (κ3) is 3.51. The lowest BCUT2D eigenvalue weighted by Crippen LogP contribution is -2.25. The lowest BCUT2D eigenvalue weighted by Gasteiger charge is -2.12. The molecule has 0 spiro atoms. The summed E-state index contributed by atoms with van der Waals surface area (Å²) in [6.45, 7) is 7.10. The van der Waals surface area contributed by atoms with Crippen molar-refractivity contribution < 1.29 is 10.2 Å². The quantitative estimate of drug-likeness (QED) is 0.714. The van der Waals surface area contributed by atoms with Gasteiger partial charge in [0.2, 0.25) is 0 Å². The fourth-order valence-corrected chi connectivity index (χ4v) is 1.52. The molecule has 1 aromatic carbocycles. The van der Waals surface area contributed by atoms with E-state index in [1.807, 2.05) is 26.8 Å². The van der Waals surface area contributed by atoms with Gasteiger partial charge in [-0.2, -0.15) is 0 Å². The standard InChI is InChI=1S/C13H21NO2/c1-4-12(15)8-14-7-11-5-9(2)10(3)6-13(11)16/h5-6,12,14-16H,4,7-8H2,1-3H3/t12-/m0/s1. The first-order valence-electron chi connectivity index (χ1n) is 5.72. The molecule has 0 aliphatic heterocycles. The van der Waals surface area contributed by atoms with Gasteiger partial charge in [0.05, 0.1) is 6.10 Å². The molecule has 0 saturated heterocycles. The van der Waals surface area contributed by atoms with Crippen molar-refractivity contribution >= 4 is 0 Å². The van der Waals surface area contributed by atoms with Crippen LogP contribution >= 0.6 is 0 Å². The maximum atomic E-state index is 9.74. The Morgan fingerprint density at radius 3 is 2.50 bits per heavy atom. The molecular weight excluding hydrogens is 202 g/mol. The van der Waals surface area contributed by atoms with Gasteiger partial charge in [-0.1, -0.05) is 13.0 Å². The SMILES string of the molecule is CC[C@H](O)CNCc1cc(C)c(C)cc1O. The average molecular weight is 223 g/mol. The molecule has 1 rings (SSSR count). The second-order valence-electron chi connectivity index (χ2n) is 4.26. The lowest BCUT2D eigenvalue weighted by atomic mass is 10.1. The van der Waals surface area contributed by atoms with Gasteiger partial charge in [0, 0.05) is 18.7 Å². The minimum absolute atomic E-state index is 0.311. The summed E-state index contributed by atoms with van der Waals surface area (Å²) in [6, 6.07) is 3.76. The number of benzene rings is 1. The zero-order chi connectivity index (χ0) is 12.1. The first kappa shape index (κ1) is 13.0. The Hall–Kier alpha value is -1.06. The van der Waals surface area contributed by atoms with Gasteiger partial charge in [-0.15, -0.1) is 0 Å². The van der Waals surface area contributed by atoms with Crippen LogP contribution in [-0.4, -0.2) is 22.9 Å². The molecule has 0 heterocycles. The van der Waals surface area contributed by atoms with E-state index in [0.29, 0.717) is 18.8 Å². The Morgan fingerprint density at radius 2 is 1.88 bits per heavy atom. The van der Waals surface area contributed by atoms with Gasteiger partial charge >= 0.3 is 0 Å². The molecule has 0 amide bonds. The van der Waals surface area contributed by atoms with Crippen LogP contribution in [0.25, 0.3) is 0 Å². The second kappa shape index (κ2) is 5.87. The normalized spacial score (nSPS) is 12.8. The summed E-state index contributed by atoms with van der Waals surface area (Å²) in [5, 5.41) is 22.2. The van der Waals surface area contributed by atoms with E-state index >= 15 is 0 Å². The number of aliphatic hydroxyl groups excluding tert-OH is 1. The molecule has 0 aromatic heterocycles. The van der Waals surface area contributed by atoms with Crippen molar-refractivity contribution in [3.8, 4) is 5.75 Å². The highest BCUT2D eigenvalue weighted by atomic mass is 16.3. The van der Waals surface area contributed by atoms with E-state index in [4.69, 9.17) is 0 Å². The van der Waals surface area contributed by atoms with E-state index in [0.717, 1.165) is 17.5 Å². The summed E-state index contributed by atoms with van der Waals surface area (Å²) >= 11 is 0. The predicted molar refractivity (Wildman–Crippen MR) is 65.6 cm³/mol. The molecule has 3 N–H and O–H groups in total. The minimum Gasteiger partial charge on any atom is -0.508 e. The number of aryl methyl sites for hydroxylation is 2. The molecular formula is C13H21NO2. The van der Waals surface area contributed by atoms with Gasteiger partial charge in [0.1, 0.15) is 5.75 Å². The summed E-state index contributed by atoms with van der Waals surface area (Å²) in [7, 11) is 0. The molecule has 0 radical (unpaired) electrons. The summed E-state index contributed by atoms with van der Waals surface area (Å²) in [6.07, 6.45) is 0.431. The van der Waals surface area contributed by atoms with Gasteiger partial charge < -0.3 is 15.5 Å². The fourth-order valence-electron chi connectivity index (χ4n) is 1.52. The third-order valence-corrected chi connectivity index (χ3v) is 2.86. The van der Waals surface area contributed by atoms with E-state index in [2.05, 4.69) is 5.32 Å². The molecule has 90 valence electrons. The molecule has 3 nitrogen and oxygen atoms in total. The Balaban J connectivity index is 2.57. The van der Waals surface area contributed by atoms with E-state index in [1.54, 1.807) is 6.07 Å². The van der Waals surface area contributed by atoms with E-state index < -0.39 is 0 Å². The van der Waals surface area contributed by atoms with Crippen LogP contribution < -0.4 is 5.32 Å². The van der Waals surface area contributed by atoms with Crippen molar-refractivity contribution in [1.29, 1.82) is 0 Å². The summed E-state index contributed by atoms with van der Waals surface area (Å²) < 4.78 is 0. The van der Waals surface area contributed by atoms with Crippen LogP contribution in [0.1, 0.15) is 30.0 Å². The second-order valence-corrected chi connectivity index (χ2v) is 4.26. The average Bonchev–Trinajstić information content (AvgIpc) is 2.25. The number of phenols is 1. The Morgan fingerprint density at radius 1 is 1.25 bits per heavy atom. The lowest BCUT2D eigenvalue weighted by molar-refractivity contribution is 0.167. The van der Waals surface area contributed by atoms with Crippen LogP contribution in [0.3, 0.4) is 0 Å². The van der Waals surface area contributed by atoms with Crippen molar-refractivity contribution in [2.45, 2.75) is 39.8 Å². The predicted octanol–water partition coefficient (Wildman–Crippen LogP) is 1.87. The van der Waals surface area contributed by atoms with Crippen molar-refractivity contribution in [2.24, 2.45) is 0 Å². The maximum absolute atomic E-state index is 9.74. The molecule has 0 aliphatic rings. The summed E-state index contributed by atoms with van der Waals surface area (Å²) in [4.78, 5) is 0. The van der Waals surface area contributed by atoms with Crippen LogP contribution in [0.15, 0.2) is 12.1 Å². The zero-order valence-corrected chi connectivity index (χ0v) is 10.2. The van der Waals surface area contributed by atoms with Crippen molar-refractivity contribution in [3.05, 3.63) is 28.8 Å². The number of rotatable bonds is 5. The van der Waals surface area contributed by atoms with Crippen molar-refractivity contribution in [1.82, 2.24) is 5.32 Å². The monoisotopic (exact) mass is 223 g/mol. The van der Waals surface area contributed by atoms with Gasteiger partial charge in [-0.25, -0.2) is 0 Å². The smallest absolute Gasteiger partial charge is 0.120 e. The third-order valence-electron chi connectivity index (χ3n) is 2.86. The fraction of sp³-hybridized carbons (Fsp3) is 0.538. The van der Waals surface area contributed by atoms with E-state index in [1.165, 1.54) is 5.56 Å².